The van der Waals surface area contributed by atoms with Gasteiger partial charge in [0.05, 0.1) is 11.9 Å². The minimum Gasteiger partial charge on any atom is -0.253 e. The summed E-state index contributed by atoms with van der Waals surface area (Å²) in [6.45, 7) is 4.28. The second-order valence-corrected chi connectivity index (χ2v) is 7.55. The summed E-state index contributed by atoms with van der Waals surface area (Å²) in [5.41, 5.74) is 11.2. The van der Waals surface area contributed by atoms with E-state index < -0.39 is 0 Å². The van der Waals surface area contributed by atoms with Crippen LogP contribution < -0.4 is 5.43 Å². The summed E-state index contributed by atoms with van der Waals surface area (Å²) in [5.74, 6) is 0. The van der Waals surface area contributed by atoms with Crippen molar-refractivity contribution >= 4 is 22.7 Å². The van der Waals surface area contributed by atoms with Crippen LogP contribution in [0.5, 0.6) is 0 Å². The lowest BCUT2D eigenvalue weighted by Crippen LogP contribution is -1.90. The van der Waals surface area contributed by atoms with Crippen LogP contribution in [0.15, 0.2) is 83.3 Å². The standard InChI is InChI=1S/C24H21N3S/c1-17-8-11-22(14-18(17)2)20-12-9-19(10-13-20)15-25-27-24-26-23(16-28-24)21-6-4-3-5-7-21/h3-16H,1-2H3,(H,26,27). The summed E-state index contributed by atoms with van der Waals surface area (Å²) >= 11 is 1.55. The largest absolute Gasteiger partial charge is 0.253 e. The number of benzene rings is 3. The summed E-state index contributed by atoms with van der Waals surface area (Å²) in [5, 5.41) is 7.13. The van der Waals surface area contributed by atoms with Crippen LogP contribution in [0.2, 0.25) is 0 Å². The zero-order valence-corrected chi connectivity index (χ0v) is 16.7. The van der Waals surface area contributed by atoms with Crippen molar-refractivity contribution in [3.8, 4) is 22.4 Å². The first-order chi connectivity index (χ1) is 13.7. The molecule has 28 heavy (non-hydrogen) atoms. The number of hydrogen-bond donors (Lipinski definition) is 1. The predicted molar refractivity (Wildman–Crippen MR) is 120 cm³/mol. The zero-order chi connectivity index (χ0) is 19.3. The van der Waals surface area contributed by atoms with Gasteiger partial charge in [0.15, 0.2) is 0 Å². The summed E-state index contributed by atoms with van der Waals surface area (Å²) in [6.07, 6.45) is 1.81. The fourth-order valence-electron chi connectivity index (χ4n) is 2.91. The molecular weight excluding hydrogens is 362 g/mol. The highest BCUT2D eigenvalue weighted by Crippen LogP contribution is 2.25. The van der Waals surface area contributed by atoms with Crippen molar-refractivity contribution in [2.45, 2.75) is 13.8 Å². The number of nitrogens with one attached hydrogen (secondary N) is 1. The third kappa shape index (κ3) is 4.18. The van der Waals surface area contributed by atoms with Crippen molar-refractivity contribution in [1.82, 2.24) is 4.98 Å². The molecule has 0 bridgehead atoms. The number of nitrogens with zero attached hydrogens (tertiary/aromatic N) is 2. The Kier molecular flexibility index (Phi) is 5.31. The number of hydrogen-bond acceptors (Lipinski definition) is 4. The highest BCUT2D eigenvalue weighted by Gasteiger charge is 2.03. The monoisotopic (exact) mass is 383 g/mol. The van der Waals surface area contributed by atoms with Crippen molar-refractivity contribution in [2.75, 3.05) is 5.43 Å². The van der Waals surface area contributed by atoms with Gasteiger partial charge < -0.3 is 0 Å². The quantitative estimate of drug-likeness (QED) is 0.314. The van der Waals surface area contributed by atoms with E-state index in [4.69, 9.17) is 0 Å². The van der Waals surface area contributed by atoms with Gasteiger partial charge in [-0.05, 0) is 41.7 Å². The van der Waals surface area contributed by atoms with Crippen LogP contribution in [0.1, 0.15) is 16.7 Å². The van der Waals surface area contributed by atoms with Crippen molar-refractivity contribution in [3.63, 3.8) is 0 Å². The third-order valence-corrected chi connectivity index (χ3v) is 5.45. The molecule has 0 unspecified atom stereocenters. The van der Waals surface area contributed by atoms with Crippen LogP contribution >= 0.6 is 11.3 Å². The Balaban J connectivity index is 1.41. The van der Waals surface area contributed by atoms with Gasteiger partial charge in [-0.25, -0.2) is 4.98 Å². The second kappa shape index (κ2) is 8.19. The lowest BCUT2D eigenvalue weighted by molar-refractivity contribution is 1.29. The molecule has 1 heterocycles. The van der Waals surface area contributed by atoms with E-state index in [1.165, 1.54) is 22.3 Å². The zero-order valence-electron chi connectivity index (χ0n) is 15.9. The Morgan fingerprint density at radius 1 is 0.821 bits per heavy atom. The molecule has 138 valence electrons. The molecule has 4 heteroatoms. The second-order valence-electron chi connectivity index (χ2n) is 6.69. The van der Waals surface area contributed by atoms with E-state index in [1.807, 2.05) is 29.8 Å². The summed E-state index contributed by atoms with van der Waals surface area (Å²) < 4.78 is 0. The summed E-state index contributed by atoms with van der Waals surface area (Å²) in [6, 6.07) is 25.1. The van der Waals surface area contributed by atoms with E-state index in [0.717, 1.165) is 22.0 Å². The van der Waals surface area contributed by atoms with Gasteiger partial charge in [-0.2, -0.15) is 5.10 Å². The summed E-state index contributed by atoms with van der Waals surface area (Å²) in [4.78, 5) is 4.57. The van der Waals surface area contributed by atoms with Gasteiger partial charge in [-0.1, -0.05) is 72.8 Å². The SMILES string of the molecule is Cc1ccc(-c2ccc(C=NNc3nc(-c4ccccc4)cs3)cc2)cc1C. The summed E-state index contributed by atoms with van der Waals surface area (Å²) in [7, 11) is 0. The Bertz CT molecular complexity index is 1100. The molecule has 0 saturated carbocycles. The van der Waals surface area contributed by atoms with Crippen LogP contribution in [0.3, 0.4) is 0 Å². The van der Waals surface area contributed by atoms with Gasteiger partial charge >= 0.3 is 0 Å². The molecule has 1 N–H and O–H groups in total. The van der Waals surface area contributed by atoms with Crippen molar-refractivity contribution in [3.05, 3.63) is 94.9 Å². The Hall–Kier alpha value is -3.24. The predicted octanol–water partition coefficient (Wildman–Crippen LogP) is 6.54. The van der Waals surface area contributed by atoms with Crippen LogP contribution in [-0.4, -0.2) is 11.2 Å². The molecule has 4 rings (SSSR count). The molecule has 1 aromatic heterocycles. The fourth-order valence-corrected chi connectivity index (χ4v) is 3.58. The number of hydrazone groups is 1. The number of thiazole rings is 1. The van der Waals surface area contributed by atoms with Crippen LogP contribution in [-0.2, 0) is 0 Å². The Morgan fingerprint density at radius 3 is 2.32 bits per heavy atom. The van der Waals surface area contributed by atoms with E-state index in [-0.39, 0.29) is 0 Å². The molecule has 0 fully saturated rings. The fraction of sp³-hybridized carbons (Fsp3) is 0.0833. The number of anilines is 1. The molecule has 0 amide bonds. The van der Waals surface area contributed by atoms with Gasteiger partial charge in [-0.3, -0.25) is 5.43 Å². The highest BCUT2D eigenvalue weighted by molar-refractivity contribution is 7.14. The maximum absolute atomic E-state index is 4.57. The first-order valence-electron chi connectivity index (χ1n) is 9.17. The van der Waals surface area contributed by atoms with E-state index in [9.17, 15) is 0 Å². The van der Waals surface area contributed by atoms with E-state index in [0.29, 0.717) is 0 Å². The van der Waals surface area contributed by atoms with Crippen molar-refractivity contribution < 1.29 is 0 Å². The molecule has 3 aromatic carbocycles. The van der Waals surface area contributed by atoms with Crippen molar-refractivity contribution in [1.29, 1.82) is 0 Å². The van der Waals surface area contributed by atoms with Gasteiger partial charge in [0, 0.05) is 10.9 Å². The average molecular weight is 384 g/mol. The third-order valence-electron chi connectivity index (χ3n) is 4.70. The maximum atomic E-state index is 4.57. The molecular formula is C24H21N3S. The van der Waals surface area contributed by atoms with E-state index in [2.05, 4.69) is 84.0 Å². The number of aryl methyl sites for hydroxylation is 2. The molecule has 0 spiro atoms. The smallest absolute Gasteiger partial charge is 0.203 e. The highest BCUT2D eigenvalue weighted by atomic mass is 32.1. The van der Waals surface area contributed by atoms with Crippen LogP contribution in [0.25, 0.3) is 22.4 Å². The van der Waals surface area contributed by atoms with Gasteiger partial charge in [0.1, 0.15) is 0 Å². The molecule has 0 aliphatic heterocycles. The number of aromatic nitrogens is 1. The molecule has 0 saturated heterocycles. The van der Waals surface area contributed by atoms with Gasteiger partial charge in [0.2, 0.25) is 5.13 Å². The van der Waals surface area contributed by atoms with E-state index >= 15 is 0 Å². The Morgan fingerprint density at radius 2 is 1.57 bits per heavy atom. The van der Waals surface area contributed by atoms with Gasteiger partial charge in [0.25, 0.3) is 0 Å². The average Bonchev–Trinajstić information content (AvgIpc) is 3.20. The first-order valence-corrected chi connectivity index (χ1v) is 10.0. The molecule has 0 atom stereocenters. The molecule has 3 nitrogen and oxygen atoms in total. The minimum absolute atomic E-state index is 0.779. The Labute approximate surface area is 169 Å². The number of rotatable bonds is 5. The first kappa shape index (κ1) is 18.1. The normalized spacial score (nSPS) is 11.1. The van der Waals surface area contributed by atoms with E-state index in [1.54, 1.807) is 11.3 Å². The van der Waals surface area contributed by atoms with Crippen LogP contribution in [0, 0.1) is 13.8 Å². The lowest BCUT2D eigenvalue weighted by atomic mass is 10.00. The topological polar surface area (TPSA) is 37.3 Å². The molecule has 0 radical (unpaired) electrons. The van der Waals surface area contributed by atoms with Crippen LogP contribution in [0.4, 0.5) is 5.13 Å². The molecule has 0 aliphatic carbocycles. The minimum atomic E-state index is 0.779. The van der Waals surface area contributed by atoms with Gasteiger partial charge in [-0.15, -0.1) is 11.3 Å². The van der Waals surface area contributed by atoms with Crippen molar-refractivity contribution in [2.24, 2.45) is 5.10 Å². The molecule has 0 aliphatic rings. The lowest BCUT2D eigenvalue weighted by Gasteiger charge is -2.06. The molecule has 4 aromatic rings. The maximum Gasteiger partial charge on any atom is 0.203 e.